The van der Waals surface area contributed by atoms with Gasteiger partial charge in [-0.15, -0.1) is 0 Å². The van der Waals surface area contributed by atoms with E-state index in [0.717, 1.165) is 32.4 Å². The number of halogens is 4. The minimum absolute atomic E-state index is 0.0183. The molecule has 0 radical (unpaired) electrons. The molecular formula is C25H19Cl4NO3. The number of ether oxygens (including phenoxy) is 2. The van der Waals surface area contributed by atoms with E-state index in [1.165, 1.54) is 0 Å². The summed E-state index contributed by atoms with van der Waals surface area (Å²) in [5.74, 6) is -0.532. The van der Waals surface area contributed by atoms with Gasteiger partial charge in [0.15, 0.2) is 11.5 Å². The van der Waals surface area contributed by atoms with Crippen molar-refractivity contribution in [2.75, 3.05) is 13.1 Å². The van der Waals surface area contributed by atoms with Crippen LogP contribution in [0.15, 0.2) is 54.6 Å². The van der Waals surface area contributed by atoms with Crippen molar-refractivity contribution in [1.29, 1.82) is 0 Å². The maximum Gasteiger partial charge on any atom is 0.305 e. The van der Waals surface area contributed by atoms with Gasteiger partial charge in [-0.05, 0) is 73.9 Å². The van der Waals surface area contributed by atoms with E-state index in [1.54, 1.807) is 54.6 Å². The molecule has 0 bridgehead atoms. The van der Waals surface area contributed by atoms with Crippen LogP contribution in [0.3, 0.4) is 0 Å². The molecule has 0 saturated carbocycles. The van der Waals surface area contributed by atoms with Crippen LogP contribution in [0.1, 0.15) is 40.7 Å². The van der Waals surface area contributed by atoms with Crippen LogP contribution in [0.25, 0.3) is 0 Å². The van der Waals surface area contributed by atoms with Gasteiger partial charge < -0.3 is 14.4 Å². The molecule has 1 amide bonds. The molecule has 1 saturated heterocycles. The SMILES string of the molecule is O=C(c1ccc2c(c1)OC(c1cc(Cl)cc(Cl)c1)(c1cc(Cl)cc(Cl)c1)O2)N1CCCCC1. The Hall–Kier alpha value is -2.11. The molecule has 170 valence electrons. The fourth-order valence-electron chi connectivity index (χ4n) is 4.31. The highest BCUT2D eigenvalue weighted by atomic mass is 35.5. The number of rotatable bonds is 3. The number of carbonyl (C=O) groups is 1. The van der Waals surface area contributed by atoms with Gasteiger partial charge in [0.2, 0.25) is 0 Å². The third kappa shape index (κ3) is 4.38. The molecule has 33 heavy (non-hydrogen) atoms. The van der Waals surface area contributed by atoms with Crippen LogP contribution in [-0.2, 0) is 5.79 Å². The molecule has 0 aromatic heterocycles. The fourth-order valence-corrected chi connectivity index (χ4v) is 5.36. The Bertz CT molecular complexity index is 1150. The summed E-state index contributed by atoms with van der Waals surface area (Å²) in [5, 5.41) is 1.70. The largest absolute Gasteiger partial charge is 0.440 e. The first-order valence-electron chi connectivity index (χ1n) is 10.6. The highest BCUT2D eigenvalue weighted by Crippen LogP contribution is 2.49. The maximum absolute atomic E-state index is 13.0. The van der Waals surface area contributed by atoms with Crippen molar-refractivity contribution in [1.82, 2.24) is 4.90 Å². The van der Waals surface area contributed by atoms with Gasteiger partial charge in [-0.3, -0.25) is 4.79 Å². The molecular weight excluding hydrogens is 504 g/mol. The Morgan fingerprint density at radius 2 is 1.21 bits per heavy atom. The summed E-state index contributed by atoms with van der Waals surface area (Å²) in [6, 6.07) is 15.3. The molecule has 2 aliphatic heterocycles. The number of benzene rings is 3. The van der Waals surface area contributed by atoms with Crippen LogP contribution in [-0.4, -0.2) is 23.9 Å². The Labute approximate surface area is 211 Å². The summed E-state index contributed by atoms with van der Waals surface area (Å²) in [4.78, 5) is 14.9. The third-order valence-corrected chi connectivity index (χ3v) is 6.70. The van der Waals surface area contributed by atoms with Crippen LogP contribution in [0.4, 0.5) is 0 Å². The van der Waals surface area contributed by atoms with E-state index in [0.29, 0.717) is 48.3 Å². The Morgan fingerprint density at radius 1 is 0.697 bits per heavy atom. The lowest BCUT2D eigenvalue weighted by molar-refractivity contribution is -0.0459. The molecule has 8 heteroatoms. The molecule has 0 spiro atoms. The van der Waals surface area contributed by atoms with Crippen LogP contribution in [0.5, 0.6) is 11.5 Å². The maximum atomic E-state index is 13.0. The molecule has 0 N–H and O–H groups in total. The molecule has 2 aliphatic rings. The van der Waals surface area contributed by atoms with Crippen molar-refractivity contribution in [3.05, 3.63) is 91.4 Å². The lowest BCUT2D eigenvalue weighted by Crippen LogP contribution is -2.37. The number of hydrogen-bond acceptors (Lipinski definition) is 3. The van der Waals surface area contributed by atoms with Crippen molar-refractivity contribution in [2.45, 2.75) is 25.0 Å². The van der Waals surface area contributed by atoms with E-state index in [9.17, 15) is 4.79 Å². The predicted molar refractivity (Wildman–Crippen MR) is 131 cm³/mol. The average molecular weight is 523 g/mol. The number of amides is 1. The van der Waals surface area contributed by atoms with Crippen molar-refractivity contribution in [3.63, 3.8) is 0 Å². The van der Waals surface area contributed by atoms with Gasteiger partial charge >= 0.3 is 5.79 Å². The van der Waals surface area contributed by atoms with Crippen molar-refractivity contribution in [3.8, 4) is 11.5 Å². The van der Waals surface area contributed by atoms with Crippen molar-refractivity contribution >= 4 is 52.3 Å². The van der Waals surface area contributed by atoms with Crippen molar-refractivity contribution < 1.29 is 14.3 Å². The van der Waals surface area contributed by atoms with Crippen molar-refractivity contribution in [2.24, 2.45) is 0 Å². The number of piperidine rings is 1. The second-order valence-corrected chi connectivity index (χ2v) is 9.90. The number of likely N-dealkylation sites (tertiary alicyclic amines) is 1. The molecule has 5 rings (SSSR count). The summed E-state index contributed by atoms with van der Waals surface area (Å²) in [5.41, 5.74) is 1.68. The lowest BCUT2D eigenvalue weighted by Gasteiger charge is -2.29. The quantitative estimate of drug-likeness (QED) is 0.355. The van der Waals surface area contributed by atoms with Crippen LogP contribution in [0.2, 0.25) is 20.1 Å². The first-order valence-corrected chi connectivity index (χ1v) is 12.1. The molecule has 3 aromatic carbocycles. The second kappa shape index (κ2) is 8.92. The van der Waals surface area contributed by atoms with Crippen LogP contribution >= 0.6 is 46.4 Å². The van der Waals surface area contributed by atoms with Gasteiger partial charge in [-0.25, -0.2) is 0 Å². The first kappa shape index (κ1) is 22.7. The second-order valence-electron chi connectivity index (χ2n) is 8.15. The van der Waals surface area contributed by atoms with Gasteiger partial charge in [-0.1, -0.05) is 46.4 Å². The normalized spacial score (nSPS) is 16.7. The minimum Gasteiger partial charge on any atom is -0.440 e. The summed E-state index contributed by atoms with van der Waals surface area (Å²) < 4.78 is 12.8. The molecule has 2 heterocycles. The third-order valence-electron chi connectivity index (χ3n) is 5.83. The molecule has 4 nitrogen and oxygen atoms in total. The number of fused-ring (bicyclic) bond motifs is 1. The monoisotopic (exact) mass is 521 g/mol. The van der Waals surface area contributed by atoms with Gasteiger partial charge in [0, 0.05) is 49.9 Å². The van der Waals surface area contributed by atoms with E-state index in [4.69, 9.17) is 55.9 Å². The van der Waals surface area contributed by atoms with Gasteiger partial charge in [0.25, 0.3) is 5.91 Å². The predicted octanol–water partition coefficient (Wildman–Crippen LogP) is 7.60. The first-order chi connectivity index (χ1) is 15.8. The summed E-state index contributed by atoms with van der Waals surface area (Å²) >= 11 is 25.2. The molecule has 0 atom stereocenters. The van der Waals surface area contributed by atoms with E-state index in [2.05, 4.69) is 0 Å². The topological polar surface area (TPSA) is 38.8 Å². The minimum atomic E-state index is -1.43. The number of carbonyl (C=O) groups excluding carboxylic acids is 1. The summed E-state index contributed by atoms with van der Waals surface area (Å²) in [7, 11) is 0. The average Bonchev–Trinajstić information content (AvgIpc) is 3.18. The standard InChI is InChI=1S/C25H19Cl4NO3/c26-18-9-16(10-19(27)13-18)25(17-11-20(28)14-21(29)12-17)32-22-5-4-15(8-23(22)33-25)24(31)30-6-2-1-3-7-30/h4-5,8-14H,1-3,6-7H2. The Balaban J connectivity index is 1.59. The van der Waals surface area contributed by atoms with Crippen LogP contribution < -0.4 is 9.47 Å². The molecule has 1 fully saturated rings. The van der Waals surface area contributed by atoms with Gasteiger partial charge in [-0.2, -0.15) is 0 Å². The van der Waals surface area contributed by atoms with E-state index < -0.39 is 5.79 Å². The van der Waals surface area contributed by atoms with Gasteiger partial charge in [0.05, 0.1) is 0 Å². The molecule has 0 aliphatic carbocycles. The number of hydrogen-bond donors (Lipinski definition) is 0. The van der Waals surface area contributed by atoms with Gasteiger partial charge in [0.1, 0.15) is 0 Å². The zero-order chi connectivity index (χ0) is 23.2. The highest BCUT2D eigenvalue weighted by molar-refractivity contribution is 6.35. The molecule has 0 unspecified atom stereocenters. The van der Waals surface area contributed by atoms with E-state index in [1.807, 2.05) is 4.90 Å². The van der Waals surface area contributed by atoms with E-state index >= 15 is 0 Å². The summed E-state index contributed by atoms with van der Waals surface area (Å²) in [6.45, 7) is 1.53. The fraction of sp³-hybridized carbons (Fsp3) is 0.240. The lowest BCUT2D eigenvalue weighted by atomic mass is 9.97. The van der Waals surface area contributed by atoms with Crippen LogP contribution in [0, 0.1) is 0 Å². The smallest absolute Gasteiger partial charge is 0.305 e. The zero-order valence-corrected chi connectivity index (χ0v) is 20.4. The zero-order valence-electron chi connectivity index (χ0n) is 17.4. The Morgan fingerprint density at radius 3 is 1.76 bits per heavy atom. The summed E-state index contributed by atoms with van der Waals surface area (Å²) in [6.07, 6.45) is 3.19. The Kier molecular flexibility index (Phi) is 6.13. The number of nitrogens with zero attached hydrogens (tertiary/aromatic N) is 1. The van der Waals surface area contributed by atoms with E-state index in [-0.39, 0.29) is 5.91 Å². The highest BCUT2D eigenvalue weighted by Gasteiger charge is 2.46. The molecule has 3 aromatic rings.